The lowest BCUT2D eigenvalue weighted by molar-refractivity contribution is -0.122. The lowest BCUT2D eigenvalue weighted by Gasteiger charge is -2.48. The molecule has 1 aliphatic heterocycles. The van der Waals surface area contributed by atoms with Crippen LogP contribution in [0.5, 0.6) is 0 Å². The van der Waals surface area contributed by atoms with Crippen molar-refractivity contribution in [2.75, 3.05) is 12.4 Å². The number of aromatic nitrogens is 2. The first-order valence-corrected chi connectivity index (χ1v) is 12.5. The number of carbonyl (C=O) groups excluding carboxylic acids is 2. The normalized spacial score (nSPS) is 22.6. The van der Waals surface area contributed by atoms with Gasteiger partial charge in [-0.15, -0.1) is 0 Å². The van der Waals surface area contributed by atoms with E-state index in [-0.39, 0.29) is 23.1 Å². The van der Waals surface area contributed by atoms with E-state index in [9.17, 15) is 14.9 Å². The molecule has 1 spiro atoms. The molecule has 35 heavy (non-hydrogen) atoms. The lowest BCUT2D eigenvalue weighted by atomic mass is 9.69. The molecule has 1 saturated carbocycles. The van der Waals surface area contributed by atoms with E-state index >= 15 is 0 Å². The maximum atomic E-state index is 13.4. The smallest absolute Gasteiger partial charge is 0.340 e. The molecular weight excluding hydrogens is 444 g/mol. The van der Waals surface area contributed by atoms with Gasteiger partial charge in [-0.05, 0) is 37.5 Å². The number of anilines is 1. The largest absolute Gasteiger partial charge is 0.465 e. The molecule has 3 N–H and O–H groups in total. The predicted octanol–water partition coefficient (Wildman–Crippen LogP) is 4.06. The number of carbonyl (C=O) groups is 2. The fourth-order valence-electron chi connectivity index (χ4n) is 5.54. The highest BCUT2D eigenvalue weighted by Gasteiger charge is 2.46. The van der Waals surface area contributed by atoms with E-state index < -0.39 is 12.0 Å². The summed E-state index contributed by atoms with van der Waals surface area (Å²) in [5.41, 5.74) is 7.35. The minimum atomic E-state index is -0.601. The van der Waals surface area contributed by atoms with Crippen molar-refractivity contribution in [1.82, 2.24) is 20.4 Å². The third kappa shape index (κ3) is 5.72. The second kappa shape index (κ2) is 11.5. The van der Waals surface area contributed by atoms with Crippen LogP contribution in [0.15, 0.2) is 36.9 Å². The van der Waals surface area contributed by atoms with E-state index in [0.29, 0.717) is 17.7 Å². The molecular formula is C26H34N6O3. The van der Waals surface area contributed by atoms with Crippen LogP contribution in [0.25, 0.3) is 0 Å². The molecule has 1 amide bonds. The Bertz CT molecular complexity index is 1050. The summed E-state index contributed by atoms with van der Waals surface area (Å²) in [6.45, 7) is 0. The average Bonchev–Trinajstić information content (AvgIpc) is 3.42. The number of ether oxygens (including phenoxy) is 1. The SMILES string of the molecule is COC(=O)c1cc(C#N)ccc1NC(=O)C1CC2(CCCCCCCCC2)C(n2ccnc2)NN1. The zero-order chi connectivity index (χ0) is 24.7. The van der Waals surface area contributed by atoms with E-state index in [1.807, 2.05) is 18.6 Å². The van der Waals surface area contributed by atoms with Crippen LogP contribution >= 0.6 is 0 Å². The van der Waals surface area contributed by atoms with Crippen LogP contribution in [0.1, 0.15) is 86.3 Å². The molecule has 9 nitrogen and oxygen atoms in total. The molecule has 0 radical (unpaired) electrons. The second-order valence-electron chi connectivity index (χ2n) is 9.65. The standard InChI is InChI=1S/C26H34N6O3/c1-35-24(34)20-15-19(17-27)9-10-21(20)29-23(33)22-16-26(11-7-5-3-2-4-6-8-12-26)25(31-30-22)32-14-13-28-18-32/h9-10,13-15,18,22,25,30-31H,2-8,11-12,16H2,1H3,(H,29,33). The number of rotatable bonds is 4. The highest BCUT2D eigenvalue weighted by atomic mass is 16.5. The van der Waals surface area contributed by atoms with Gasteiger partial charge in [-0.3, -0.25) is 4.79 Å². The number of hydrogen-bond acceptors (Lipinski definition) is 7. The number of imidazole rings is 1. The average molecular weight is 479 g/mol. The Morgan fingerprint density at radius 1 is 1.14 bits per heavy atom. The third-order valence-corrected chi connectivity index (χ3v) is 7.39. The Labute approximate surface area is 206 Å². The summed E-state index contributed by atoms with van der Waals surface area (Å²) in [5.74, 6) is -0.830. The number of nitrogens with one attached hydrogen (secondary N) is 3. The van der Waals surface area contributed by atoms with E-state index in [0.717, 1.165) is 25.7 Å². The molecule has 2 aliphatic rings. The minimum absolute atomic E-state index is 0.00554. The molecule has 1 aliphatic carbocycles. The number of hydrogen-bond donors (Lipinski definition) is 3. The van der Waals surface area contributed by atoms with Crippen LogP contribution in [-0.4, -0.2) is 34.6 Å². The Hall–Kier alpha value is -3.22. The second-order valence-corrected chi connectivity index (χ2v) is 9.65. The van der Waals surface area contributed by atoms with Crippen molar-refractivity contribution in [3.05, 3.63) is 48.0 Å². The maximum Gasteiger partial charge on any atom is 0.340 e. The zero-order valence-corrected chi connectivity index (χ0v) is 20.3. The zero-order valence-electron chi connectivity index (χ0n) is 20.3. The Balaban J connectivity index is 1.57. The van der Waals surface area contributed by atoms with E-state index in [1.165, 1.54) is 45.3 Å². The molecule has 2 aromatic rings. The summed E-state index contributed by atoms with van der Waals surface area (Å²) in [6.07, 6.45) is 16.8. The number of amides is 1. The van der Waals surface area contributed by atoms with Crippen LogP contribution in [0.2, 0.25) is 0 Å². The fraction of sp³-hybridized carbons (Fsp3) is 0.538. The summed E-state index contributed by atoms with van der Waals surface area (Å²) in [4.78, 5) is 30.0. The van der Waals surface area contributed by atoms with Gasteiger partial charge in [0, 0.05) is 17.8 Å². The van der Waals surface area contributed by atoms with Crippen LogP contribution in [-0.2, 0) is 9.53 Å². The molecule has 2 atom stereocenters. The Kier molecular flexibility index (Phi) is 8.16. The number of methoxy groups -OCH3 is 1. The molecule has 2 heterocycles. The summed E-state index contributed by atoms with van der Waals surface area (Å²) >= 11 is 0. The van der Waals surface area contributed by atoms with Gasteiger partial charge in [-0.25, -0.2) is 20.6 Å². The minimum Gasteiger partial charge on any atom is -0.465 e. The molecule has 2 fully saturated rings. The number of nitriles is 1. The summed E-state index contributed by atoms with van der Waals surface area (Å²) in [5, 5.41) is 12.1. The van der Waals surface area contributed by atoms with Gasteiger partial charge in [-0.2, -0.15) is 5.26 Å². The summed E-state index contributed by atoms with van der Waals surface area (Å²) in [6, 6.07) is 6.12. The monoisotopic (exact) mass is 478 g/mol. The van der Waals surface area contributed by atoms with Crippen molar-refractivity contribution < 1.29 is 14.3 Å². The molecule has 4 rings (SSSR count). The van der Waals surface area contributed by atoms with Gasteiger partial charge in [0.1, 0.15) is 12.2 Å². The highest BCUT2D eigenvalue weighted by Crippen LogP contribution is 2.46. The van der Waals surface area contributed by atoms with Crippen LogP contribution in [0, 0.1) is 16.7 Å². The van der Waals surface area contributed by atoms with Crippen LogP contribution in [0.4, 0.5) is 5.69 Å². The lowest BCUT2D eigenvalue weighted by Crippen LogP contribution is -2.61. The maximum absolute atomic E-state index is 13.4. The number of hydrazine groups is 1. The molecule has 186 valence electrons. The topological polar surface area (TPSA) is 121 Å². The molecule has 9 heteroatoms. The summed E-state index contributed by atoms with van der Waals surface area (Å²) < 4.78 is 6.96. The third-order valence-electron chi connectivity index (χ3n) is 7.39. The van der Waals surface area contributed by atoms with Gasteiger partial charge in [0.15, 0.2) is 0 Å². The quantitative estimate of drug-likeness (QED) is 0.567. The first-order chi connectivity index (χ1) is 17.1. The van der Waals surface area contributed by atoms with Gasteiger partial charge in [0.05, 0.1) is 36.3 Å². The van der Waals surface area contributed by atoms with Crippen molar-refractivity contribution in [1.29, 1.82) is 5.26 Å². The van der Waals surface area contributed by atoms with Crippen LogP contribution in [0.3, 0.4) is 0 Å². The van der Waals surface area contributed by atoms with Gasteiger partial charge >= 0.3 is 5.97 Å². The number of benzene rings is 1. The van der Waals surface area contributed by atoms with Gasteiger partial charge < -0.3 is 14.6 Å². The van der Waals surface area contributed by atoms with Crippen LogP contribution < -0.4 is 16.2 Å². The van der Waals surface area contributed by atoms with Crippen molar-refractivity contribution in [2.24, 2.45) is 5.41 Å². The first-order valence-electron chi connectivity index (χ1n) is 12.5. The Morgan fingerprint density at radius 3 is 2.49 bits per heavy atom. The predicted molar refractivity (Wildman–Crippen MR) is 131 cm³/mol. The molecule has 1 aromatic carbocycles. The molecule has 2 unspecified atom stereocenters. The summed E-state index contributed by atoms with van der Waals surface area (Å²) in [7, 11) is 1.28. The van der Waals surface area contributed by atoms with E-state index in [2.05, 4.69) is 25.7 Å². The number of nitrogens with zero attached hydrogens (tertiary/aromatic N) is 3. The first kappa shape index (κ1) is 24.9. The van der Waals surface area contributed by atoms with Crippen molar-refractivity contribution in [3.63, 3.8) is 0 Å². The number of esters is 1. The Morgan fingerprint density at radius 2 is 1.86 bits per heavy atom. The van der Waals surface area contributed by atoms with Gasteiger partial charge in [-0.1, -0.05) is 44.9 Å². The van der Waals surface area contributed by atoms with Crippen molar-refractivity contribution >= 4 is 17.6 Å². The van der Waals surface area contributed by atoms with E-state index in [1.54, 1.807) is 18.3 Å². The molecule has 1 aromatic heterocycles. The van der Waals surface area contributed by atoms with Crippen molar-refractivity contribution in [2.45, 2.75) is 76.4 Å². The van der Waals surface area contributed by atoms with Gasteiger partial charge in [0.25, 0.3) is 0 Å². The fourth-order valence-corrected chi connectivity index (χ4v) is 5.54. The van der Waals surface area contributed by atoms with E-state index in [4.69, 9.17) is 4.74 Å². The molecule has 1 saturated heterocycles. The molecule has 0 bridgehead atoms. The van der Waals surface area contributed by atoms with Crippen molar-refractivity contribution in [3.8, 4) is 6.07 Å². The van der Waals surface area contributed by atoms with Gasteiger partial charge in [0.2, 0.25) is 5.91 Å². The highest BCUT2D eigenvalue weighted by molar-refractivity contribution is 6.03.